The predicted molar refractivity (Wildman–Crippen MR) is 130 cm³/mol. The largest absolute Gasteiger partial charge is 0.462 e. The second kappa shape index (κ2) is 8.75. The van der Waals surface area contributed by atoms with Crippen LogP contribution in [0.4, 0.5) is 0 Å². The van der Waals surface area contributed by atoms with Crippen molar-refractivity contribution in [3.8, 4) is 0 Å². The van der Waals surface area contributed by atoms with Gasteiger partial charge in [-0.2, -0.15) is 0 Å². The number of fused-ring (bicyclic) bond motifs is 5. The Morgan fingerprint density at radius 3 is 2.62 bits per heavy atom. The third-order valence-electron chi connectivity index (χ3n) is 10.6. The van der Waals surface area contributed by atoms with Crippen molar-refractivity contribution >= 4 is 5.97 Å². The summed E-state index contributed by atoms with van der Waals surface area (Å²) >= 11 is 0. The normalized spacial score (nSPS) is 42.3. The van der Waals surface area contributed by atoms with Gasteiger partial charge in [-0.1, -0.05) is 45.3 Å². The van der Waals surface area contributed by atoms with Crippen LogP contribution in [-0.2, 0) is 9.53 Å². The van der Waals surface area contributed by atoms with E-state index in [1.165, 1.54) is 44.9 Å². The predicted octanol–water partition coefficient (Wildman–Crippen LogP) is 7.07. The van der Waals surface area contributed by atoms with Crippen molar-refractivity contribution in [3.05, 3.63) is 11.6 Å². The number of ether oxygens (including phenoxy) is 1. The fraction of sp³-hybridized carbons (Fsp3) is 0.897. The molecule has 0 saturated heterocycles. The molecule has 32 heavy (non-hydrogen) atoms. The van der Waals surface area contributed by atoms with Crippen LogP contribution >= 0.6 is 0 Å². The van der Waals surface area contributed by atoms with Crippen LogP contribution in [0, 0.1) is 40.4 Å². The first-order valence-electron chi connectivity index (χ1n) is 13.5. The number of hydrogen-bond acceptors (Lipinski definition) is 3. The van der Waals surface area contributed by atoms with E-state index < -0.39 is 5.60 Å². The summed E-state index contributed by atoms with van der Waals surface area (Å²) in [6, 6.07) is 0. The highest BCUT2D eigenvalue weighted by atomic mass is 16.5. The van der Waals surface area contributed by atoms with Crippen molar-refractivity contribution in [2.24, 2.45) is 40.4 Å². The van der Waals surface area contributed by atoms with Crippen molar-refractivity contribution in [1.82, 2.24) is 0 Å². The molecule has 0 spiro atoms. The lowest BCUT2D eigenvalue weighted by Gasteiger charge is -2.58. The van der Waals surface area contributed by atoms with Crippen LogP contribution in [-0.4, -0.2) is 22.8 Å². The molecule has 4 aliphatic rings. The van der Waals surface area contributed by atoms with Gasteiger partial charge in [0.15, 0.2) is 0 Å². The Bertz CT molecular complexity index is 733. The lowest BCUT2D eigenvalue weighted by atomic mass is 9.47. The summed E-state index contributed by atoms with van der Waals surface area (Å²) < 4.78 is 5.60. The van der Waals surface area contributed by atoms with Gasteiger partial charge in [0.25, 0.3) is 0 Å². The second-order valence-electron chi connectivity index (χ2n) is 13.1. The van der Waals surface area contributed by atoms with Crippen molar-refractivity contribution in [2.45, 2.75) is 124 Å². The van der Waals surface area contributed by atoms with E-state index in [1.54, 1.807) is 12.5 Å². The smallest absolute Gasteiger partial charge is 0.302 e. The molecular weight excluding hydrogens is 396 g/mol. The van der Waals surface area contributed by atoms with Crippen LogP contribution in [0.3, 0.4) is 0 Å². The van der Waals surface area contributed by atoms with Crippen molar-refractivity contribution in [3.63, 3.8) is 0 Å². The van der Waals surface area contributed by atoms with Crippen LogP contribution in [0.2, 0.25) is 0 Å². The maximum absolute atomic E-state index is 11.5. The standard InChI is InChI=1S/C29H48O3/c1-19(8-7-15-27(3,4)31)24-11-12-25-23-10-9-21-18-22(32-20(2)30)13-16-28(21,5)26(23)14-17-29(24,25)6/h9,19,22-26,31H,7-8,10-18H2,1-6H3/t19-,22-,23+,24-,25+,26+,28+,29-/m1/s1. The molecule has 0 radical (unpaired) electrons. The SMILES string of the molecule is CC(=O)O[C@@H]1CC[C@@]2(C)C(=CC[C@H]3[C@@H]4CC[C@H]([C@H](C)CCCC(C)(C)O)[C@@]4(C)CC[C@@H]32)C1. The van der Waals surface area contributed by atoms with Gasteiger partial charge in [-0.3, -0.25) is 4.79 Å². The molecule has 0 aromatic carbocycles. The minimum atomic E-state index is -0.532. The highest BCUT2D eigenvalue weighted by Crippen LogP contribution is 2.67. The fourth-order valence-corrected chi connectivity index (χ4v) is 9.00. The van der Waals surface area contributed by atoms with Crippen molar-refractivity contribution in [2.75, 3.05) is 0 Å². The molecule has 3 fully saturated rings. The van der Waals surface area contributed by atoms with Crippen LogP contribution in [0.5, 0.6) is 0 Å². The molecule has 3 heteroatoms. The number of rotatable bonds is 6. The summed E-state index contributed by atoms with van der Waals surface area (Å²) in [6.45, 7) is 13.1. The molecule has 182 valence electrons. The Kier molecular flexibility index (Phi) is 6.64. The molecule has 8 atom stereocenters. The van der Waals surface area contributed by atoms with Gasteiger partial charge < -0.3 is 9.84 Å². The molecule has 3 saturated carbocycles. The summed E-state index contributed by atoms with van der Waals surface area (Å²) in [4.78, 5) is 11.5. The average molecular weight is 445 g/mol. The van der Waals surface area contributed by atoms with Gasteiger partial charge in [0.05, 0.1) is 5.60 Å². The first-order chi connectivity index (χ1) is 14.9. The summed E-state index contributed by atoms with van der Waals surface area (Å²) in [5.74, 6) is 3.98. The van der Waals surface area contributed by atoms with E-state index in [0.717, 1.165) is 55.3 Å². The topological polar surface area (TPSA) is 46.5 Å². The molecule has 4 rings (SSSR count). The van der Waals surface area contributed by atoms with E-state index in [2.05, 4.69) is 26.8 Å². The van der Waals surface area contributed by atoms with Gasteiger partial charge in [-0.25, -0.2) is 0 Å². The Morgan fingerprint density at radius 1 is 1.19 bits per heavy atom. The molecule has 0 aliphatic heterocycles. The van der Waals surface area contributed by atoms with Crippen LogP contribution in [0.1, 0.15) is 112 Å². The quantitative estimate of drug-likeness (QED) is 0.352. The molecule has 0 unspecified atom stereocenters. The van der Waals surface area contributed by atoms with Gasteiger partial charge in [0.2, 0.25) is 0 Å². The second-order valence-corrected chi connectivity index (χ2v) is 13.1. The molecule has 0 aromatic heterocycles. The minimum absolute atomic E-state index is 0.0952. The van der Waals surface area contributed by atoms with E-state index in [9.17, 15) is 9.90 Å². The van der Waals surface area contributed by atoms with E-state index in [1.807, 2.05) is 13.8 Å². The zero-order valence-corrected chi connectivity index (χ0v) is 21.6. The van der Waals surface area contributed by atoms with Crippen LogP contribution in [0.25, 0.3) is 0 Å². The summed E-state index contributed by atoms with van der Waals surface area (Å²) in [7, 11) is 0. The fourth-order valence-electron chi connectivity index (χ4n) is 9.00. The molecule has 0 aromatic rings. The Morgan fingerprint density at radius 2 is 1.94 bits per heavy atom. The third kappa shape index (κ3) is 4.44. The molecule has 1 N–H and O–H groups in total. The van der Waals surface area contributed by atoms with Crippen LogP contribution < -0.4 is 0 Å². The highest BCUT2D eigenvalue weighted by molar-refractivity contribution is 5.66. The Labute approximate surface area is 196 Å². The van der Waals surface area contributed by atoms with E-state index >= 15 is 0 Å². The number of hydrogen-bond donors (Lipinski definition) is 1. The van der Waals surface area contributed by atoms with Gasteiger partial charge >= 0.3 is 5.97 Å². The van der Waals surface area contributed by atoms with Gasteiger partial charge in [0.1, 0.15) is 6.10 Å². The monoisotopic (exact) mass is 444 g/mol. The van der Waals surface area contributed by atoms with E-state index in [0.29, 0.717) is 10.8 Å². The summed E-state index contributed by atoms with van der Waals surface area (Å²) in [5.41, 5.74) is 1.87. The maximum atomic E-state index is 11.5. The number of esters is 1. The number of aliphatic hydroxyl groups is 1. The molecule has 4 aliphatic carbocycles. The lowest BCUT2D eigenvalue weighted by Crippen LogP contribution is -2.51. The Balaban J connectivity index is 1.45. The Hall–Kier alpha value is -0.830. The van der Waals surface area contributed by atoms with Crippen LogP contribution in [0.15, 0.2) is 11.6 Å². The summed E-state index contributed by atoms with van der Waals surface area (Å²) in [5, 5.41) is 10.1. The molecule has 0 heterocycles. The van der Waals surface area contributed by atoms with Gasteiger partial charge in [0, 0.05) is 13.3 Å². The minimum Gasteiger partial charge on any atom is -0.462 e. The number of allylic oxidation sites excluding steroid dienone is 1. The molecular formula is C29H48O3. The number of carbonyl (C=O) groups is 1. The van der Waals surface area contributed by atoms with Crippen molar-refractivity contribution in [1.29, 1.82) is 0 Å². The molecule has 3 nitrogen and oxygen atoms in total. The first-order valence-corrected chi connectivity index (χ1v) is 13.5. The lowest BCUT2D eigenvalue weighted by molar-refractivity contribution is -0.148. The molecule has 0 bridgehead atoms. The summed E-state index contributed by atoms with van der Waals surface area (Å²) in [6.07, 6.45) is 15.9. The van der Waals surface area contributed by atoms with Crippen molar-refractivity contribution < 1.29 is 14.6 Å². The first kappa shape index (κ1) is 24.3. The third-order valence-corrected chi connectivity index (χ3v) is 10.6. The zero-order valence-electron chi connectivity index (χ0n) is 21.6. The average Bonchev–Trinajstić information content (AvgIpc) is 3.04. The zero-order chi connectivity index (χ0) is 23.3. The highest BCUT2D eigenvalue weighted by Gasteiger charge is 2.59. The molecule has 0 amide bonds. The number of carbonyl (C=O) groups excluding carboxylic acids is 1. The van der Waals surface area contributed by atoms with E-state index in [-0.39, 0.29) is 12.1 Å². The maximum Gasteiger partial charge on any atom is 0.302 e. The van der Waals surface area contributed by atoms with E-state index in [4.69, 9.17) is 4.74 Å². The van der Waals surface area contributed by atoms with Gasteiger partial charge in [-0.05, 0) is 106 Å². The van der Waals surface area contributed by atoms with Gasteiger partial charge in [-0.15, -0.1) is 0 Å².